The van der Waals surface area contributed by atoms with E-state index in [1.807, 2.05) is 30.3 Å². The molecular formula is C31H39ClN4O8S. The molecule has 12 nitrogen and oxygen atoms in total. The van der Waals surface area contributed by atoms with Crippen molar-refractivity contribution in [2.75, 3.05) is 6.61 Å². The number of nitrogens with one attached hydrogen (secondary N) is 2. The largest absolute Gasteiger partial charge is 0.480 e. The van der Waals surface area contributed by atoms with Crippen molar-refractivity contribution >= 4 is 45.4 Å². The van der Waals surface area contributed by atoms with Crippen LogP contribution in [-0.2, 0) is 35.6 Å². The molecule has 1 aliphatic heterocycles. The lowest BCUT2D eigenvalue weighted by Gasteiger charge is -2.38. The second-order valence-corrected chi connectivity index (χ2v) is 13.5. The van der Waals surface area contributed by atoms with Crippen LogP contribution in [0.1, 0.15) is 61.9 Å². The number of rotatable bonds is 12. The first kappa shape index (κ1) is 34.4. The maximum atomic E-state index is 13.8. The maximum absolute atomic E-state index is 13.8. The molecule has 1 heterocycles. The molecule has 4 rings (SSSR count). The normalized spacial score (nSPS) is 22.6. The minimum absolute atomic E-state index is 0.0699. The van der Waals surface area contributed by atoms with Crippen molar-refractivity contribution in [2.24, 2.45) is 11.1 Å². The van der Waals surface area contributed by atoms with E-state index in [-0.39, 0.29) is 46.5 Å². The van der Waals surface area contributed by atoms with Crippen LogP contribution in [0.4, 0.5) is 0 Å². The summed E-state index contributed by atoms with van der Waals surface area (Å²) in [7, 11) is -4.14. The number of ether oxygens (including phenoxy) is 1. The Labute approximate surface area is 267 Å². The van der Waals surface area contributed by atoms with Gasteiger partial charge in [0.25, 0.3) is 5.91 Å². The number of nitrogens with zero attached hydrogens (tertiary/aromatic N) is 1. The van der Waals surface area contributed by atoms with Crippen LogP contribution in [0, 0.1) is 5.92 Å². The highest BCUT2D eigenvalue weighted by molar-refractivity contribution is 7.89. The molecule has 0 spiro atoms. The highest BCUT2D eigenvalue weighted by atomic mass is 35.5. The molecule has 2 fully saturated rings. The monoisotopic (exact) mass is 662 g/mol. The third-order valence-corrected chi connectivity index (χ3v) is 9.89. The van der Waals surface area contributed by atoms with Crippen molar-refractivity contribution in [1.29, 1.82) is 0 Å². The number of hydrogen-bond donors (Lipinski definition) is 4. The molecule has 45 heavy (non-hydrogen) atoms. The smallest absolute Gasteiger partial charge is 0.326 e. The summed E-state index contributed by atoms with van der Waals surface area (Å²) >= 11 is 5.94. The van der Waals surface area contributed by atoms with E-state index in [1.54, 1.807) is 13.8 Å². The van der Waals surface area contributed by atoms with Crippen LogP contribution in [0.3, 0.4) is 0 Å². The number of amides is 2. The number of carboxylic acid groups (broad SMARTS) is 1. The fourth-order valence-electron chi connectivity index (χ4n) is 6.36. The zero-order valence-corrected chi connectivity index (χ0v) is 26.7. The number of hydrogen-bond acceptors (Lipinski definition) is 8. The van der Waals surface area contributed by atoms with E-state index in [2.05, 4.69) is 10.6 Å². The third-order valence-electron chi connectivity index (χ3n) is 8.49. The summed E-state index contributed by atoms with van der Waals surface area (Å²) in [6.45, 7) is 3.51. The van der Waals surface area contributed by atoms with Crippen LogP contribution in [-0.4, -0.2) is 79.0 Å². The number of carboxylic acids is 1. The molecule has 1 saturated carbocycles. The van der Waals surface area contributed by atoms with Gasteiger partial charge < -0.3 is 20.1 Å². The number of aryl methyl sites for hydroxylation is 1. The highest BCUT2D eigenvalue weighted by Crippen LogP contribution is 2.40. The van der Waals surface area contributed by atoms with Gasteiger partial charge in [0.15, 0.2) is 0 Å². The zero-order valence-electron chi connectivity index (χ0n) is 25.1. The lowest BCUT2D eigenvalue weighted by atomic mass is 9.81. The van der Waals surface area contributed by atoms with Crippen LogP contribution >= 0.6 is 11.6 Å². The van der Waals surface area contributed by atoms with Crippen LogP contribution in [0.15, 0.2) is 53.4 Å². The third kappa shape index (κ3) is 8.40. The number of carbonyl (C=O) groups excluding carboxylic acids is 3. The quantitative estimate of drug-likeness (QED) is 0.248. The van der Waals surface area contributed by atoms with E-state index < -0.39 is 51.9 Å². The zero-order chi connectivity index (χ0) is 32.9. The van der Waals surface area contributed by atoms with Crippen LogP contribution in [0.5, 0.6) is 0 Å². The van der Waals surface area contributed by atoms with E-state index in [0.29, 0.717) is 32.1 Å². The van der Waals surface area contributed by atoms with Crippen molar-refractivity contribution < 1.29 is 37.4 Å². The van der Waals surface area contributed by atoms with E-state index in [1.165, 1.54) is 17.0 Å². The summed E-state index contributed by atoms with van der Waals surface area (Å²) in [4.78, 5) is 52.9. The van der Waals surface area contributed by atoms with Crippen molar-refractivity contribution in [3.8, 4) is 0 Å². The molecule has 244 valence electrons. The van der Waals surface area contributed by atoms with Gasteiger partial charge in [-0.3, -0.25) is 19.7 Å². The number of fused-ring (bicyclic) bond motifs is 1. The first-order valence-electron chi connectivity index (χ1n) is 14.9. The Morgan fingerprint density at radius 3 is 2.47 bits per heavy atom. The summed E-state index contributed by atoms with van der Waals surface area (Å²) in [6.07, 6.45) is 2.55. The molecule has 2 aromatic carbocycles. The van der Waals surface area contributed by atoms with Crippen molar-refractivity contribution in [1.82, 2.24) is 15.5 Å². The van der Waals surface area contributed by atoms with E-state index in [0.717, 1.165) is 11.6 Å². The molecule has 0 bridgehead atoms. The van der Waals surface area contributed by atoms with Gasteiger partial charge in [0.2, 0.25) is 15.9 Å². The van der Waals surface area contributed by atoms with Gasteiger partial charge in [-0.15, -0.1) is 0 Å². The van der Waals surface area contributed by atoms with Gasteiger partial charge in [-0.05, 0) is 82.1 Å². The number of aliphatic carboxylic acids is 1. The number of carbonyl (C=O) groups is 4. The average molecular weight is 663 g/mol. The Bertz CT molecular complexity index is 1520. The molecule has 6 atom stereocenters. The predicted octanol–water partition coefficient (Wildman–Crippen LogP) is 2.48. The number of likely N-dealkylation sites (tertiary alicyclic amines) is 1. The van der Waals surface area contributed by atoms with Gasteiger partial charge in [0.1, 0.15) is 17.0 Å². The molecule has 2 aliphatic rings. The number of sulfonamides is 1. The Kier molecular flexibility index (Phi) is 11.2. The minimum atomic E-state index is -4.14. The predicted molar refractivity (Wildman–Crippen MR) is 166 cm³/mol. The summed E-state index contributed by atoms with van der Waals surface area (Å²) in [5.41, 5.74) is 1.10. The van der Waals surface area contributed by atoms with Gasteiger partial charge in [-0.2, -0.15) is 0 Å². The molecule has 0 aromatic heterocycles. The molecular weight excluding hydrogens is 624 g/mol. The number of nitrogens with two attached hydrogens (primary N) is 1. The summed E-state index contributed by atoms with van der Waals surface area (Å²) in [6, 6.07) is 10.1. The van der Waals surface area contributed by atoms with Crippen LogP contribution in [0.2, 0.25) is 5.02 Å². The van der Waals surface area contributed by atoms with Crippen molar-refractivity contribution in [3.63, 3.8) is 0 Å². The standard InChI is InChI=1S/C31H39ClN4O8S/c1-3-44-31(41)24(13-9-19-7-5-4-6-8-19)34-18(2)29(38)36-25-14-11-22(15-21(25)16-26(36)30(39)40)35-28(37)20-10-12-23(32)27(17-20)45(33,42)43/h4-8,10,12,17-18,21-22,24-26,34H,3,9,11,13-16H2,1-2H3,(H,35,37)(H,39,40)(H2,33,42,43)/t18-,21?,22?,24?,25?,26?/m0/s1. The topological polar surface area (TPSA) is 185 Å². The Morgan fingerprint density at radius 2 is 1.82 bits per heavy atom. The molecule has 0 radical (unpaired) electrons. The Morgan fingerprint density at radius 1 is 1.11 bits per heavy atom. The van der Waals surface area contributed by atoms with Crippen molar-refractivity contribution in [2.45, 2.75) is 87.5 Å². The first-order chi connectivity index (χ1) is 21.3. The van der Waals surface area contributed by atoms with Crippen molar-refractivity contribution in [3.05, 3.63) is 64.7 Å². The van der Waals surface area contributed by atoms with Crippen LogP contribution < -0.4 is 15.8 Å². The second kappa shape index (κ2) is 14.7. The van der Waals surface area contributed by atoms with Gasteiger partial charge in [0, 0.05) is 17.6 Å². The fraction of sp³-hybridized carbons (Fsp3) is 0.484. The molecule has 2 aromatic rings. The number of benzene rings is 2. The van der Waals surface area contributed by atoms with E-state index >= 15 is 0 Å². The maximum Gasteiger partial charge on any atom is 0.326 e. The number of primary sulfonamides is 1. The summed E-state index contributed by atoms with van der Waals surface area (Å²) in [5, 5.41) is 21.2. The van der Waals surface area contributed by atoms with Gasteiger partial charge >= 0.3 is 11.9 Å². The second-order valence-electron chi connectivity index (χ2n) is 11.6. The van der Waals surface area contributed by atoms with Gasteiger partial charge in [-0.25, -0.2) is 18.4 Å². The molecule has 2 amide bonds. The Hall–Kier alpha value is -3.52. The lowest BCUT2D eigenvalue weighted by Crippen LogP contribution is -2.56. The lowest BCUT2D eigenvalue weighted by molar-refractivity contribution is -0.152. The molecule has 1 saturated heterocycles. The molecule has 5 N–H and O–H groups in total. The highest BCUT2D eigenvalue weighted by Gasteiger charge is 2.50. The van der Waals surface area contributed by atoms with Crippen LogP contribution in [0.25, 0.3) is 0 Å². The number of esters is 1. The average Bonchev–Trinajstić information content (AvgIpc) is 3.38. The molecule has 14 heteroatoms. The SMILES string of the molecule is CCOC(=O)C(CCc1ccccc1)N[C@@H](C)C(=O)N1C(C(=O)O)CC2CC(NC(=O)c3ccc(Cl)c(S(N)(=O)=O)c3)CCC21. The van der Waals surface area contributed by atoms with E-state index in [4.69, 9.17) is 21.5 Å². The Balaban J connectivity index is 1.43. The minimum Gasteiger partial charge on any atom is -0.480 e. The van der Waals surface area contributed by atoms with Gasteiger partial charge in [-0.1, -0.05) is 41.9 Å². The van der Waals surface area contributed by atoms with Gasteiger partial charge in [0.05, 0.1) is 17.7 Å². The van der Waals surface area contributed by atoms with E-state index in [9.17, 15) is 32.7 Å². The molecule has 5 unspecified atom stereocenters. The summed E-state index contributed by atoms with van der Waals surface area (Å²) < 4.78 is 28.9. The summed E-state index contributed by atoms with van der Waals surface area (Å²) in [5.74, 6) is -2.71. The molecule has 1 aliphatic carbocycles. The fourth-order valence-corrected chi connectivity index (χ4v) is 7.43. The number of halogens is 1. The first-order valence-corrected chi connectivity index (χ1v) is 16.9.